The normalized spacial score (nSPS) is 11.0. The Morgan fingerprint density at radius 1 is 1.41 bits per heavy atom. The minimum Gasteiger partial charge on any atom is -0.494 e. The zero-order chi connectivity index (χ0) is 12.9. The van der Waals surface area contributed by atoms with Gasteiger partial charge in [-0.1, -0.05) is 11.6 Å². The van der Waals surface area contributed by atoms with Crippen LogP contribution in [0.3, 0.4) is 0 Å². The maximum Gasteiger partial charge on any atom is 0.119 e. The predicted molar refractivity (Wildman–Crippen MR) is 70.3 cm³/mol. The molecule has 17 heavy (non-hydrogen) atoms. The molecule has 1 aromatic carbocycles. The van der Waals surface area contributed by atoms with Gasteiger partial charge in [-0.15, -0.1) is 0 Å². The lowest BCUT2D eigenvalue weighted by atomic mass is 9.90. The number of nitriles is 1. The molecule has 1 rings (SSSR count). The van der Waals surface area contributed by atoms with Crippen molar-refractivity contribution in [1.82, 2.24) is 0 Å². The highest BCUT2D eigenvalue weighted by molar-refractivity contribution is 6.31. The summed E-state index contributed by atoms with van der Waals surface area (Å²) >= 11 is 5.93. The minimum atomic E-state index is -0.265. The van der Waals surface area contributed by atoms with Gasteiger partial charge in [0.25, 0.3) is 0 Å². The summed E-state index contributed by atoms with van der Waals surface area (Å²) in [5.41, 5.74) is 0.751. The fraction of sp³-hybridized carbons (Fsp3) is 0.500. The lowest BCUT2D eigenvalue weighted by molar-refractivity contribution is 0.284. The Hall–Kier alpha value is -1.20. The molecule has 3 heteroatoms. The molecule has 0 radical (unpaired) electrons. The second kappa shape index (κ2) is 5.93. The summed E-state index contributed by atoms with van der Waals surface area (Å²) in [6.45, 7) is 6.47. The number of nitrogens with zero attached hydrogens (tertiary/aromatic N) is 1. The molecule has 92 valence electrons. The first-order valence-electron chi connectivity index (χ1n) is 5.75. The van der Waals surface area contributed by atoms with Crippen LogP contribution in [0.5, 0.6) is 5.75 Å². The van der Waals surface area contributed by atoms with Crippen molar-refractivity contribution in [2.24, 2.45) is 5.41 Å². The van der Waals surface area contributed by atoms with Gasteiger partial charge in [0, 0.05) is 5.02 Å². The molecule has 0 heterocycles. The Kier molecular flexibility index (Phi) is 4.84. The number of rotatable bonds is 5. The summed E-state index contributed by atoms with van der Waals surface area (Å²) in [7, 11) is 0. The van der Waals surface area contributed by atoms with Crippen molar-refractivity contribution in [1.29, 1.82) is 5.26 Å². The third-order valence-electron chi connectivity index (χ3n) is 2.65. The van der Waals surface area contributed by atoms with Gasteiger partial charge in [-0.3, -0.25) is 0 Å². The predicted octanol–water partition coefficient (Wildman–Crippen LogP) is 4.36. The standard InChI is InChI=1S/C14H18ClNO/c1-11-9-12(5-6-13(11)15)17-8-4-7-14(2,3)10-16/h5-6,9H,4,7-8H2,1-3H3. The maximum atomic E-state index is 8.87. The van der Waals surface area contributed by atoms with Crippen LogP contribution in [-0.2, 0) is 0 Å². The Balaban J connectivity index is 2.37. The highest BCUT2D eigenvalue weighted by Crippen LogP contribution is 2.23. The Labute approximate surface area is 108 Å². The summed E-state index contributed by atoms with van der Waals surface area (Å²) < 4.78 is 5.61. The molecule has 0 fully saturated rings. The zero-order valence-corrected chi connectivity index (χ0v) is 11.3. The molecule has 0 amide bonds. The van der Waals surface area contributed by atoms with E-state index in [0.717, 1.165) is 29.2 Å². The van der Waals surface area contributed by atoms with Crippen molar-refractivity contribution in [2.45, 2.75) is 33.6 Å². The summed E-state index contributed by atoms with van der Waals surface area (Å²) in [5, 5.41) is 9.62. The van der Waals surface area contributed by atoms with Crippen LogP contribution in [-0.4, -0.2) is 6.61 Å². The molecule has 0 aliphatic rings. The average Bonchev–Trinajstić information content (AvgIpc) is 2.29. The average molecular weight is 252 g/mol. The molecule has 0 unspecified atom stereocenters. The van der Waals surface area contributed by atoms with Gasteiger partial charge >= 0.3 is 0 Å². The molecule has 0 bridgehead atoms. The van der Waals surface area contributed by atoms with E-state index < -0.39 is 0 Å². The van der Waals surface area contributed by atoms with E-state index in [2.05, 4.69) is 6.07 Å². The van der Waals surface area contributed by atoms with Gasteiger partial charge in [-0.05, 0) is 57.4 Å². The molecule has 0 aromatic heterocycles. The van der Waals surface area contributed by atoms with Crippen molar-refractivity contribution < 1.29 is 4.74 Å². The number of halogens is 1. The summed E-state index contributed by atoms with van der Waals surface area (Å²) in [4.78, 5) is 0. The second-order valence-corrected chi connectivity index (χ2v) is 5.27. The van der Waals surface area contributed by atoms with E-state index in [9.17, 15) is 0 Å². The zero-order valence-electron chi connectivity index (χ0n) is 10.6. The number of ether oxygens (including phenoxy) is 1. The number of aryl methyl sites for hydroxylation is 1. The van der Waals surface area contributed by atoms with Crippen LogP contribution < -0.4 is 4.74 Å². The molecule has 0 atom stereocenters. The van der Waals surface area contributed by atoms with Crippen LogP contribution in [0.2, 0.25) is 5.02 Å². The maximum absolute atomic E-state index is 8.87. The third kappa shape index (κ3) is 4.66. The van der Waals surface area contributed by atoms with Crippen molar-refractivity contribution in [2.75, 3.05) is 6.61 Å². The van der Waals surface area contributed by atoms with Gasteiger partial charge in [0.2, 0.25) is 0 Å². The summed E-state index contributed by atoms with van der Waals surface area (Å²) in [6, 6.07) is 7.92. The molecule has 0 saturated carbocycles. The Morgan fingerprint density at radius 3 is 2.71 bits per heavy atom. The first-order valence-corrected chi connectivity index (χ1v) is 6.12. The molecule has 0 saturated heterocycles. The Bertz CT molecular complexity index is 421. The monoisotopic (exact) mass is 251 g/mol. The van der Waals surface area contributed by atoms with Crippen molar-refractivity contribution in [3.05, 3.63) is 28.8 Å². The molecule has 0 spiro atoms. The number of benzene rings is 1. The largest absolute Gasteiger partial charge is 0.494 e. The lowest BCUT2D eigenvalue weighted by Crippen LogP contribution is -2.10. The van der Waals surface area contributed by atoms with Crippen LogP contribution in [0.25, 0.3) is 0 Å². The van der Waals surface area contributed by atoms with Crippen LogP contribution in [0.1, 0.15) is 32.3 Å². The molecular weight excluding hydrogens is 234 g/mol. The van der Waals surface area contributed by atoms with E-state index in [1.165, 1.54) is 0 Å². The SMILES string of the molecule is Cc1cc(OCCCC(C)(C)C#N)ccc1Cl. The van der Waals surface area contributed by atoms with Gasteiger partial charge in [0.05, 0.1) is 18.1 Å². The lowest BCUT2D eigenvalue weighted by Gasteiger charge is -2.14. The molecule has 1 aromatic rings. The van der Waals surface area contributed by atoms with E-state index >= 15 is 0 Å². The summed E-state index contributed by atoms with van der Waals surface area (Å²) in [5.74, 6) is 0.835. The topological polar surface area (TPSA) is 33.0 Å². The minimum absolute atomic E-state index is 0.265. The Morgan fingerprint density at radius 2 is 2.12 bits per heavy atom. The van der Waals surface area contributed by atoms with Crippen LogP contribution in [0.4, 0.5) is 0 Å². The van der Waals surface area contributed by atoms with Gasteiger partial charge in [-0.25, -0.2) is 0 Å². The van der Waals surface area contributed by atoms with E-state index in [-0.39, 0.29) is 5.41 Å². The number of hydrogen-bond acceptors (Lipinski definition) is 2. The van der Waals surface area contributed by atoms with E-state index in [1.54, 1.807) is 0 Å². The first kappa shape index (κ1) is 13.9. The fourth-order valence-electron chi connectivity index (χ4n) is 1.47. The molecule has 0 aliphatic heterocycles. The first-order chi connectivity index (χ1) is 7.94. The molecule has 0 aliphatic carbocycles. The quantitative estimate of drug-likeness (QED) is 0.729. The van der Waals surface area contributed by atoms with E-state index in [4.69, 9.17) is 21.6 Å². The van der Waals surface area contributed by atoms with Gasteiger partial charge < -0.3 is 4.74 Å². The van der Waals surface area contributed by atoms with Crippen molar-refractivity contribution in [3.8, 4) is 11.8 Å². The molecular formula is C14H18ClNO. The molecule has 0 N–H and O–H groups in total. The van der Waals surface area contributed by atoms with Gasteiger partial charge in [-0.2, -0.15) is 5.26 Å². The van der Waals surface area contributed by atoms with Crippen LogP contribution >= 0.6 is 11.6 Å². The van der Waals surface area contributed by atoms with E-state index in [0.29, 0.717) is 6.61 Å². The highest BCUT2D eigenvalue weighted by Gasteiger charge is 2.15. The fourth-order valence-corrected chi connectivity index (χ4v) is 1.58. The van der Waals surface area contributed by atoms with Crippen molar-refractivity contribution >= 4 is 11.6 Å². The highest BCUT2D eigenvalue weighted by atomic mass is 35.5. The van der Waals surface area contributed by atoms with Gasteiger partial charge in [0.1, 0.15) is 5.75 Å². The second-order valence-electron chi connectivity index (χ2n) is 4.86. The van der Waals surface area contributed by atoms with Crippen molar-refractivity contribution in [3.63, 3.8) is 0 Å². The van der Waals surface area contributed by atoms with Crippen LogP contribution in [0, 0.1) is 23.7 Å². The number of hydrogen-bond donors (Lipinski definition) is 0. The third-order valence-corrected chi connectivity index (χ3v) is 3.07. The van der Waals surface area contributed by atoms with Gasteiger partial charge in [0.15, 0.2) is 0 Å². The smallest absolute Gasteiger partial charge is 0.119 e. The van der Waals surface area contributed by atoms with Crippen LogP contribution in [0.15, 0.2) is 18.2 Å². The molecule has 2 nitrogen and oxygen atoms in total. The van der Waals surface area contributed by atoms with E-state index in [1.807, 2.05) is 39.0 Å². The summed E-state index contributed by atoms with van der Waals surface area (Å²) in [6.07, 6.45) is 1.72.